The summed E-state index contributed by atoms with van der Waals surface area (Å²) in [6.45, 7) is 0. The summed E-state index contributed by atoms with van der Waals surface area (Å²) in [5.41, 5.74) is 0.678. The second-order valence-corrected chi connectivity index (χ2v) is 4.99. The molecule has 0 spiro atoms. The quantitative estimate of drug-likeness (QED) is 0.827. The van der Waals surface area contributed by atoms with Gasteiger partial charge in [0.1, 0.15) is 5.82 Å². The number of aromatic nitrogens is 1. The molecular formula is C16H15ClN2O2. The molecule has 1 amide bonds. The van der Waals surface area contributed by atoms with E-state index in [4.69, 9.17) is 11.6 Å². The first-order valence-electron chi connectivity index (χ1n) is 6.65. The highest BCUT2D eigenvalue weighted by Crippen LogP contribution is 2.11. The summed E-state index contributed by atoms with van der Waals surface area (Å²) < 4.78 is 0. The monoisotopic (exact) mass is 302 g/mol. The topological polar surface area (TPSA) is 59.1 Å². The lowest BCUT2D eigenvalue weighted by atomic mass is 10.1. The normalized spacial score (nSPS) is 10.1. The number of benzene rings is 1. The van der Waals surface area contributed by atoms with Crippen molar-refractivity contribution in [2.24, 2.45) is 0 Å². The molecule has 1 aromatic heterocycles. The van der Waals surface area contributed by atoms with E-state index < -0.39 is 0 Å². The Morgan fingerprint density at radius 2 is 1.81 bits per heavy atom. The van der Waals surface area contributed by atoms with Crippen molar-refractivity contribution in [3.8, 4) is 0 Å². The molecule has 21 heavy (non-hydrogen) atoms. The van der Waals surface area contributed by atoms with Crippen LogP contribution in [0.3, 0.4) is 0 Å². The van der Waals surface area contributed by atoms with Crippen molar-refractivity contribution in [3.05, 3.63) is 59.2 Å². The molecule has 0 radical (unpaired) electrons. The van der Waals surface area contributed by atoms with Crippen LogP contribution in [0, 0.1) is 0 Å². The zero-order chi connectivity index (χ0) is 15.1. The fraction of sp³-hybridized carbons (Fsp3) is 0.188. The van der Waals surface area contributed by atoms with Gasteiger partial charge in [-0.05, 0) is 18.6 Å². The summed E-state index contributed by atoms with van der Waals surface area (Å²) >= 11 is 5.71. The molecule has 0 saturated heterocycles. The highest BCUT2D eigenvalue weighted by atomic mass is 35.5. The lowest BCUT2D eigenvalue weighted by molar-refractivity contribution is -0.116. The van der Waals surface area contributed by atoms with Crippen LogP contribution in [0.4, 0.5) is 5.82 Å². The van der Waals surface area contributed by atoms with Gasteiger partial charge in [-0.15, -0.1) is 0 Å². The standard InChI is InChI=1S/C16H15ClN2O2/c17-13-9-10-15(18-11-13)19-16(21)8-4-7-14(20)12-5-2-1-3-6-12/h1-3,5-6,9-11H,4,7-8H2,(H,18,19,21). The lowest BCUT2D eigenvalue weighted by Crippen LogP contribution is -2.12. The predicted molar refractivity (Wildman–Crippen MR) is 82.5 cm³/mol. The largest absolute Gasteiger partial charge is 0.311 e. The summed E-state index contributed by atoms with van der Waals surface area (Å²) in [4.78, 5) is 27.6. The van der Waals surface area contributed by atoms with Gasteiger partial charge in [-0.25, -0.2) is 4.98 Å². The molecule has 4 nitrogen and oxygen atoms in total. The van der Waals surface area contributed by atoms with Crippen LogP contribution in [0.2, 0.25) is 5.02 Å². The van der Waals surface area contributed by atoms with Crippen molar-refractivity contribution < 1.29 is 9.59 Å². The third-order valence-corrected chi connectivity index (χ3v) is 3.12. The minimum atomic E-state index is -0.161. The molecule has 2 rings (SSSR count). The average molecular weight is 303 g/mol. The first-order valence-corrected chi connectivity index (χ1v) is 7.02. The maximum Gasteiger partial charge on any atom is 0.225 e. The van der Waals surface area contributed by atoms with Crippen molar-refractivity contribution >= 4 is 29.1 Å². The second kappa shape index (κ2) is 7.55. The molecule has 5 heteroatoms. The van der Waals surface area contributed by atoms with Gasteiger partial charge in [0.15, 0.2) is 5.78 Å². The first-order chi connectivity index (χ1) is 10.1. The number of carbonyl (C=O) groups excluding carboxylic acids is 2. The minimum Gasteiger partial charge on any atom is -0.311 e. The molecule has 0 aliphatic rings. The number of rotatable bonds is 6. The number of carbonyl (C=O) groups is 2. The summed E-state index contributed by atoms with van der Waals surface area (Å²) in [6, 6.07) is 12.4. The maximum atomic E-state index is 11.9. The molecule has 0 fully saturated rings. The average Bonchev–Trinajstić information content (AvgIpc) is 2.50. The number of ketones is 1. The van der Waals surface area contributed by atoms with Gasteiger partial charge in [0.25, 0.3) is 0 Å². The van der Waals surface area contributed by atoms with Gasteiger partial charge in [0, 0.05) is 24.6 Å². The van der Waals surface area contributed by atoms with Crippen LogP contribution < -0.4 is 5.32 Å². The molecule has 1 N–H and O–H groups in total. The third-order valence-electron chi connectivity index (χ3n) is 2.90. The zero-order valence-electron chi connectivity index (χ0n) is 11.4. The Morgan fingerprint density at radius 3 is 2.48 bits per heavy atom. The molecule has 1 aromatic carbocycles. The maximum absolute atomic E-state index is 11.9. The van der Waals surface area contributed by atoms with Crippen molar-refractivity contribution in [3.63, 3.8) is 0 Å². The number of nitrogens with one attached hydrogen (secondary N) is 1. The number of halogens is 1. The van der Waals surface area contributed by atoms with Gasteiger partial charge in [0.2, 0.25) is 5.91 Å². The van der Waals surface area contributed by atoms with Crippen molar-refractivity contribution in [2.75, 3.05) is 5.32 Å². The lowest BCUT2D eigenvalue weighted by Gasteiger charge is -2.04. The molecule has 0 aliphatic heterocycles. The summed E-state index contributed by atoms with van der Waals surface area (Å²) in [5.74, 6) is 0.345. The number of hydrogen-bond donors (Lipinski definition) is 1. The van der Waals surface area contributed by atoms with E-state index in [1.807, 2.05) is 18.2 Å². The number of Topliss-reactive ketones (excluding diaryl/α,β-unsaturated/α-hetero) is 1. The Labute approximate surface area is 128 Å². The molecule has 2 aromatic rings. The van der Waals surface area contributed by atoms with Gasteiger partial charge < -0.3 is 5.32 Å². The Balaban J connectivity index is 1.74. The van der Waals surface area contributed by atoms with E-state index in [1.165, 1.54) is 6.20 Å². The molecule has 108 valence electrons. The van der Waals surface area contributed by atoms with Gasteiger partial charge in [-0.3, -0.25) is 9.59 Å². The van der Waals surface area contributed by atoms with E-state index in [2.05, 4.69) is 10.3 Å². The van der Waals surface area contributed by atoms with Gasteiger partial charge in [0.05, 0.1) is 5.02 Å². The summed E-state index contributed by atoms with van der Waals surface area (Å²) in [6.07, 6.45) is 2.61. The van der Waals surface area contributed by atoms with Crippen LogP contribution in [-0.4, -0.2) is 16.7 Å². The zero-order valence-corrected chi connectivity index (χ0v) is 12.1. The van der Waals surface area contributed by atoms with Crippen LogP contribution in [0.15, 0.2) is 48.7 Å². The van der Waals surface area contributed by atoms with E-state index in [9.17, 15) is 9.59 Å². The van der Waals surface area contributed by atoms with Gasteiger partial charge >= 0.3 is 0 Å². The predicted octanol–water partition coefficient (Wildman–Crippen LogP) is 3.73. The van der Waals surface area contributed by atoms with Crippen LogP contribution in [-0.2, 0) is 4.79 Å². The fourth-order valence-corrected chi connectivity index (χ4v) is 1.94. The number of pyridine rings is 1. The molecule has 0 bridgehead atoms. The van der Waals surface area contributed by atoms with E-state index in [1.54, 1.807) is 24.3 Å². The molecule has 0 atom stereocenters. The van der Waals surface area contributed by atoms with Crippen molar-refractivity contribution in [1.82, 2.24) is 4.98 Å². The van der Waals surface area contributed by atoms with E-state index in [0.717, 1.165) is 0 Å². The highest BCUT2D eigenvalue weighted by Gasteiger charge is 2.08. The molecular weight excluding hydrogens is 288 g/mol. The van der Waals surface area contributed by atoms with Crippen LogP contribution in [0.1, 0.15) is 29.6 Å². The third kappa shape index (κ3) is 5.00. The van der Waals surface area contributed by atoms with E-state index in [0.29, 0.717) is 29.2 Å². The second-order valence-electron chi connectivity index (χ2n) is 4.55. The minimum absolute atomic E-state index is 0.0491. The van der Waals surface area contributed by atoms with Crippen molar-refractivity contribution in [2.45, 2.75) is 19.3 Å². The van der Waals surface area contributed by atoms with Gasteiger partial charge in [-0.2, -0.15) is 0 Å². The van der Waals surface area contributed by atoms with Crippen molar-refractivity contribution in [1.29, 1.82) is 0 Å². The molecule has 0 unspecified atom stereocenters. The summed E-state index contributed by atoms with van der Waals surface area (Å²) in [5, 5.41) is 3.18. The fourth-order valence-electron chi connectivity index (χ4n) is 1.83. The Bertz CT molecular complexity index is 612. The SMILES string of the molecule is O=C(CCCC(=O)c1ccccc1)Nc1ccc(Cl)cn1. The van der Waals surface area contributed by atoms with E-state index >= 15 is 0 Å². The Kier molecular flexibility index (Phi) is 5.46. The number of amides is 1. The highest BCUT2D eigenvalue weighted by molar-refractivity contribution is 6.30. The number of nitrogens with zero attached hydrogens (tertiary/aromatic N) is 1. The van der Waals surface area contributed by atoms with Gasteiger partial charge in [-0.1, -0.05) is 41.9 Å². The van der Waals surface area contributed by atoms with Crippen LogP contribution >= 0.6 is 11.6 Å². The summed E-state index contributed by atoms with van der Waals surface area (Å²) in [7, 11) is 0. The Morgan fingerprint density at radius 1 is 1.05 bits per heavy atom. The first kappa shape index (κ1) is 15.2. The molecule has 1 heterocycles. The Hall–Kier alpha value is -2.20. The number of hydrogen-bond acceptors (Lipinski definition) is 3. The van der Waals surface area contributed by atoms with Crippen LogP contribution in [0.5, 0.6) is 0 Å². The number of anilines is 1. The smallest absolute Gasteiger partial charge is 0.225 e. The van der Waals surface area contributed by atoms with Crippen LogP contribution in [0.25, 0.3) is 0 Å². The van der Waals surface area contributed by atoms with E-state index in [-0.39, 0.29) is 18.1 Å². The molecule has 0 saturated carbocycles. The molecule has 0 aliphatic carbocycles.